The topological polar surface area (TPSA) is 86.8 Å². The second-order valence-electron chi connectivity index (χ2n) is 10.9. The molecule has 10 heteroatoms. The Bertz CT molecular complexity index is 1700. The molecule has 43 heavy (non-hydrogen) atoms. The van der Waals surface area contributed by atoms with Gasteiger partial charge < -0.3 is 10.2 Å². The number of benzene rings is 4. The minimum atomic E-state index is -4.03. The van der Waals surface area contributed by atoms with Crippen LogP contribution < -0.4 is 5.32 Å². The Hall–Kier alpha value is -3.43. The fourth-order valence-corrected chi connectivity index (χ4v) is 6.31. The number of likely N-dealkylation sites (N-methyl/N-ethyl adjacent to an activating group) is 1. The number of hydrogen-bond donors (Lipinski definition) is 1. The van der Waals surface area contributed by atoms with Gasteiger partial charge in [-0.25, -0.2) is 8.42 Å². The molecule has 0 saturated heterocycles. The predicted molar refractivity (Wildman–Crippen MR) is 173 cm³/mol. The van der Waals surface area contributed by atoms with E-state index in [4.69, 9.17) is 23.2 Å². The van der Waals surface area contributed by atoms with Crippen molar-refractivity contribution in [2.75, 3.05) is 20.1 Å². The third-order valence-electron chi connectivity index (χ3n) is 7.10. The fraction of sp³-hybridized carbons (Fsp3) is 0.273. The Labute approximate surface area is 263 Å². The van der Waals surface area contributed by atoms with Gasteiger partial charge >= 0.3 is 0 Å². The van der Waals surface area contributed by atoms with E-state index in [2.05, 4.69) is 5.32 Å². The molecule has 0 radical (unpaired) electrons. The SMILES string of the molecule is CC(C)CNC(=O)[C@H](Cc1ccccc1)N(Cc1ccc(Cl)cc1Cl)C(=O)CN(C)S(=O)(=O)c1ccc2ccccc2c1. The molecule has 1 N–H and O–H groups in total. The van der Waals surface area contributed by atoms with Gasteiger partial charge in [0.25, 0.3) is 0 Å². The number of carbonyl (C=O) groups is 2. The quantitative estimate of drug-likeness (QED) is 0.201. The van der Waals surface area contributed by atoms with Crippen molar-refractivity contribution in [3.05, 3.63) is 112 Å². The highest BCUT2D eigenvalue weighted by molar-refractivity contribution is 7.89. The van der Waals surface area contributed by atoms with Gasteiger partial charge in [0.2, 0.25) is 21.8 Å². The second-order valence-corrected chi connectivity index (χ2v) is 13.8. The number of halogens is 2. The fourth-order valence-electron chi connectivity index (χ4n) is 4.68. The van der Waals surface area contributed by atoms with E-state index in [0.717, 1.165) is 20.6 Å². The molecule has 0 bridgehead atoms. The van der Waals surface area contributed by atoms with Crippen molar-refractivity contribution in [3.63, 3.8) is 0 Å². The zero-order chi connectivity index (χ0) is 31.1. The summed E-state index contributed by atoms with van der Waals surface area (Å²) in [5.41, 5.74) is 1.43. The van der Waals surface area contributed by atoms with Gasteiger partial charge in [0.05, 0.1) is 11.4 Å². The van der Waals surface area contributed by atoms with Gasteiger partial charge in [-0.2, -0.15) is 4.31 Å². The number of sulfonamides is 1. The molecule has 0 saturated carbocycles. The molecule has 0 aliphatic rings. The number of hydrogen-bond acceptors (Lipinski definition) is 4. The number of nitrogens with zero attached hydrogens (tertiary/aromatic N) is 2. The van der Waals surface area contributed by atoms with Crippen molar-refractivity contribution in [3.8, 4) is 0 Å². The highest BCUT2D eigenvalue weighted by atomic mass is 35.5. The molecule has 0 aliphatic carbocycles. The zero-order valence-electron chi connectivity index (χ0n) is 24.3. The first-order valence-electron chi connectivity index (χ1n) is 14.0. The Kier molecular flexibility index (Phi) is 10.8. The smallest absolute Gasteiger partial charge is 0.243 e. The standard InChI is InChI=1S/C33H35Cl2N3O4S/c1-23(2)20-36-33(40)31(17-24-9-5-4-6-10-24)38(21-27-13-15-28(34)19-30(27)35)32(39)22-37(3)43(41,42)29-16-14-25-11-7-8-12-26(25)18-29/h4-16,18-19,23,31H,17,20-22H2,1-3H3,(H,36,40)/t31-/m0/s1. The second kappa shape index (κ2) is 14.4. The van der Waals surface area contributed by atoms with Gasteiger partial charge in [0, 0.05) is 36.6 Å². The third-order valence-corrected chi connectivity index (χ3v) is 9.48. The maximum atomic E-state index is 14.1. The molecular weight excluding hydrogens is 605 g/mol. The van der Waals surface area contributed by atoms with E-state index in [9.17, 15) is 18.0 Å². The van der Waals surface area contributed by atoms with E-state index in [-0.39, 0.29) is 29.7 Å². The molecule has 0 aromatic heterocycles. The lowest BCUT2D eigenvalue weighted by Gasteiger charge is -2.33. The van der Waals surface area contributed by atoms with Crippen molar-refractivity contribution < 1.29 is 18.0 Å². The van der Waals surface area contributed by atoms with Crippen molar-refractivity contribution >= 4 is 55.8 Å². The van der Waals surface area contributed by atoms with Crippen LogP contribution in [0.4, 0.5) is 0 Å². The van der Waals surface area contributed by atoms with E-state index >= 15 is 0 Å². The monoisotopic (exact) mass is 639 g/mol. The number of amides is 2. The molecule has 7 nitrogen and oxygen atoms in total. The summed E-state index contributed by atoms with van der Waals surface area (Å²) in [6.45, 7) is 3.88. The first-order chi connectivity index (χ1) is 20.5. The molecule has 0 spiro atoms. The lowest BCUT2D eigenvalue weighted by atomic mass is 10.0. The molecule has 4 aromatic carbocycles. The van der Waals surface area contributed by atoms with E-state index in [1.807, 2.05) is 68.4 Å². The van der Waals surface area contributed by atoms with E-state index < -0.39 is 28.5 Å². The summed E-state index contributed by atoms with van der Waals surface area (Å²) in [4.78, 5) is 29.2. The molecule has 0 heterocycles. The zero-order valence-corrected chi connectivity index (χ0v) is 26.7. The van der Waals surface area contributed by atoms with E-state index in [1.54, 1.807) is 30.3 Å². The molecule has 226 valence electrons. The predicted octanol–water partition coefficient (Wildman–Crippen LogP) is 6.18. The van der Waals surface area contributed by atoms with Crippen molar-refractivity contribution in [2.45, 2.75) is 37.8 Å². The summed E-state index contributed by atoms with van der Waals surface area (Å²) in [6, 6.07) is 25.7. The van der Waals surface area contributed by atoms with Gasteiger partial charge in [-0.05, 0) is 52.1 Å². The van der Waals surface area contributed by atoms with Crippen LogP contribution in [0.1, 0.15) is 25.0 Å². The number of nitrogens with one attached hydrogen (secondary N) is 1. The number of rotatable bonds is 12. The van der Waals surface area contributed by atoms with Gasteiger partial charge in [0.1, 0.15) is 6.04 Å². The summed E-state index contributed by atoms with van der Waals surface area (Å²) in [5, 5.41) is 5.40. The van der Waals surface area contributed by atoms with Crippen LogP contribution in [-0.2, 0) is 32.6 Å². The minimum absolute atomic E-state index is 0.0225. The van der Waals surface area contributed by atoms with Crippen LogP contribution in [0, 0.1) is 5.92 Å². The average Bonchev–Trinajstić information content (AvgIpc) is 2.98. The highest BCUT2D eigenvalue weighted by Crippen LogP contribution is 2.25. The Morgan fingerprint density at radius 1 is 0.860 bits per heavy atom. The molecule has 2 amide bonds. The van der Waals surface area contributed by atoms with Gasteiger partial charge in [-0.3, -0.25) is 9.59 Å². The molecule has 0 aliphatic heterocycles. The van der Waals surface area contributed by atoms with Crippen molar-refractivity contribution in [1.82, 2.24) is 14.5 Å². The highest BCUT2D eigenvalue weighted by Gasteiger charge is 2.33. The average molecular weight is 641 g/mol. The van der Waals surface area contributed by atoms with Gasteiger partial charge in [0.15, 0.2) is 0 Å². The van der Waals surface area contributed by atoms with Crippen LogP contribution in [0.25, 0.3) is 10.8 Å². The lowest BCUT2D eigenvalue weighted by Crippen LogP contribution is -2.53. The van der Waals surface area contributed by atoms with Crippen LogP contribution in [0.2, 0.25) is 10.0 Å². The molecule has 1 atom stereocenters. The maximum absolute atomic E-state index is 14.1. The molecule has 0 fully saturated rings. The third kappa shape index (κ3) is 8.36. The van der Waals surface area contributed by atoms with E-state index in [0.29, 0.717) is 22.2 Å². The molecule has 4 aromatic rings. The Morgan fingerprint density at radius 3 is 2.21 bits per heavy atom. The van der Waals surface area contributed by atoms with Gasteiger partial charge in [-0.1, -0.05) is 104 Å². The normalized spacial score (nSPS) is 12.4. The number of carbonyl (C=O) groups excluding carboxylic acids is 2. The molecular formula is C33H35Cl2N3O4S. The summed E-state index contributed by atoms with van der Waals surface area (Å²) >= 11 is 12.6. The van der Waals surface area contributed by atoms with E-state index in [1.165, 1.54) is 18.0 Å². The van der Waals surface area contributed by atoms with Crippen molar-refractivity contribution in [2.24, 2.45) is 5.92 Å². The van der Waals surface area contributed by atoms with Crippen molar-refractivity contribution in [1.29, 1.82) is 0 Å². The first-order valence-corrected chi connectivity index (χ1v) is 16.2. The van der Waals surface area contributed by atoms with Crippen LogP contribution in [0.3, 0.4) is 0 Å². The lowest BCUT2D eigenvalue weighted by molar-refractivity contribution is -0.141. The summed E-state index contributed by atoms with van der Waals surface area (Å²) < 4.78 is 28.2. The van der Waals surface area contributed by atoms with Crippen LogP contribution in [0.15, 0.2) is 95.9 Å². The summed E-state index contributed by atoms with van der Waals surface area (Å²) in [7, 11) is -2.67. The summed E-state index contributed by atoms with van der Waals surface area (Å²) in [5.74, 6) is -0.691. The molecule has 0 unspecified atom stereocenters. The Balaban J connectivity index is 1.69. The largest absolute Gasteiger partial charge is 0.354 e. The van der Waals surface area contributed by atoms with Crippen LogP contribution in [-0.4, -0.2) is 55.6 Å². The first kappa shape index (κ1) is 32.5. The van der Waals surface area contributed by atoms with Gasteiger partial charge in [-0.15, -0.1) is 0 Å². The van der Waals surface area contributed by atoms with Crippen LogP contribution >= 0.6 is 23.2 Å². The maximum Gasteiger partial charge on any atom is 0.243 e. The molecule has 4 rings (SSSR count). The Morgan fingerprint density at radius 2 is 1.53 bits per heavy atom. The number of fused-ring (bicyclic) bond motifs is 1. The van der Waals surface area contributed by atoms with Crippen LogP contribution in [0.5, 0.6) is 0 Å². The summed E-state index contributed by atoms with van der Waals surface area (Å²) in [6.07, 6.45) is 0.225. The minimum Gasteiger partial charge on any atom is -0.354 e.